The van der Waals surface area contributed by atoms with E-state index in [1.807, 2.05) is 0 Å². The van der Waals surface area contributed by atoms with Crippen LogP contribution >= 0.6 is 11.6 Å². The van der Waals surface area contributed by atoms with Gasteiger partial charge in [-0.3, -0.25) is 0 Å². The van der Waals surface area contributed by atoms with E-state index in [4.69, 9.17) is 22.1 Å². The number of anilines is 1. The number of tetrazole rings is 1. The van der Waals surface area contributed by atoms with Crippen LogP contribution in [-0.4, -0.2) is 20.2 Å². The standard InChI is InChI=1S/C8H8ClN5O/c1-14-8(11-12-13-14)15-7-4-5(10)2-3-6(7)9/h2-4H,10H2,1H3. The van der Waals surface area contributed by atoms with E-state index in [0.717, 1.165) is 0 Å². The molecule has 1 heterocycles. The molecule has 7 heteroatoms. The van der Waals surface area contributed by atoms with Crippen LogP contribution in [0.4, 0.5) is 5.69 Å². The summed E-state index contributed by atoms with van der Waals surface area (Å²) < 4.78 is 6.76. The lowest BCUT2D eigenvalue weighted by Gasteiger charge is -2.05. The molecule has 0 radical (unpaired) electrons. The van der Waals surface area contributed by atoms with Crippen LogP contribution in [0.25, 0.3) is 0 Å². The molecule has 78 valence electrons. The van der Waals surface area contributed by atoms with Gasteiger partial charge >= 0.3 is 6.01 Å². The number of ether oxygens (including phenoxy) is 1. The molecule has 6 nitrogen and oxygen atoms in total. The van der Waals surface area contributed by atoms with Gasteiger partial charge in [-0.25, -0.2) is 0 Å². The van der Waals surface area contributed by atoms with Gasteiger partial charge in [0.25, 0.3) is 0 Å². The molecule has 0 atom stereocenters. The number of nitrogens with two attached hydrogens (primary N) is 1. The van der Waals surface area contributed by atoms with Crippen molar-refractivity contribution in [1.82, 2.24) is 20.2 Å². The lowest BCUT2D eigenvalue weighted by Crippen LogP contribution is -1.97. The number of halogens is 1. The molecule has 0 unspecified atom stereocenters. The second-order valence-corrected chi connectivity index (χ2v) is 3.28. The number of benzene rings is 1. The SMILES string of the molecule is Cn1nnnc1Oc1cc(N)ccc1Cl. The van der Waals surface area contributed by atoms with Gasteiger partial charge in [-0.1, -0.05) is 16.7 Å². The minimum absolute atomic E-state index is 0.252. The van der Waals surface area contributed by atoms with Gasteiger partial charge in [-0.15, -0.1) is 0 Å². The average Bonchev–Trinajstić information content (AvgIpc) is 2.58. The van der Waals surface area contributed by atoms with Crippen LogP contribution < -0.4 is 10.5 Å². The van der Waals surface area contributed by atoms with Crippen LogP contribution in [0, 0.1) is 0 Å². The van der Waals surface area contributed by atoms with E-state index in [9.17, 15) is 0 Å². The maximum Gasteiger partial charge on any atom is 0.340 e. The Bertz CT molecular complexity index is 484. The zero-order chi connectivity index (χ0) is 10.8. The lowest BCUT2D eigenvalue weighted by molar-refractivity contribution is 0.415. The van der Waals surface area contributed by atoms with Crippen molar-refractivity contribution in [3.63, 3.8) is 0 Å². The third-order valence-corrected chi connectivity index (χ3v) is 2.05. The summed E-state index contributed by atoms with van der Waals surface area (Å²) in [4.78, 5) is 0. The summed E-state index contributed by atoms with van der Waals surface area (Å²) in [5.74, 6) is 0.426. The molecule has 2 aromatic rings. The van der Waals surface area contributed by atoms with Crippen molar-refractivity contribution < 1.29 is 4.74 Å². The third-order valence-electron chi connectivity index (χ3n) is 1.74. The highest BCUT2D eigenvalue weighted by atomic mass is 35.5. The maximum absolute atomic E-state index is 5.91. The number of aryl methyl sites for hydroxylation is 1. The number of hydrogen-bond acceptors (Lipinski definition) is 5. The minimum Gasteiger partial charge on any atom is -0.422 e. The fraction of sp³-hybridized carbons (Fsp3) is 0.125. The van der Waals surface area contributed by atoms with Gasteiger partial charge in [0.1, 0.15) is 0 Å². The van der Waals surface area contributed by atoms with Crippen molar-refractivity contribution in [2.75, 3.05) is 5.73 Å². The topological polar surface area (TPSA) is 78.8 Å². The Kier molecular flexibility index (Phi) is 2.42. The van der Waals surface area contributed by atoms with Gasteiger partial charge in [0.15, 0.2) is 5.75 Å². The number of hydrogen-bond donors (Lipinski definition) is 1. The molecule has 15 heavy (non-hydrogen) atoms. The van der Waals surface area contributed by atoms with Crippen molar-refractivity contribution in [3.05, 3.63) is 23.2 Å². The highest BCUT2D eigenvalue weighted by molar-refractivity contribution is 6.32. The van der Waals surface area contributed by atoms with Gasteiger partial charge in [-0.05, 0) is 22.6 Å². The number of nitrogens with zero attached hydrogens (tertiary/aromatic N) is 4. The van der Waals surface area contributed by atoms with Crippen molar-refractivity contribution in [1.29, 1.82) is 0 Å². The van der Waals surface area contributed by atoms with Crippen LogP contribution in [0.5, 0.6) is 11.8 Å². The molecule has 1 aromatic carbocycles. The second kappa shape index (κ2) is 3.74. The molecule has 0 saturated heterocycles. The zero-order valence-electron chi connectivity index (χ0n) is 7.88. The smallest absolute Gasteiger partial charge is 0.340 e. The maximum atomic E-state index is 5.91. The van der Waals surface area contributed by atoms with E-state index in [-0.39, 0.29) is 6.01 Å². The van der Waals surface area contributed by atoms with Crippen molar-refractivity contribution in [2.45, 2.75) is 0 Å². The molecule has 0 fully saturated rings. The van der Waals surface area contributed by atoms with E-state index >= 15 is 0 Å². The van der Waals surface area contributed by atoms with Crippen LogP contribution in [0.1, 0.15) is 0 Å². The minimum atomic E-state index is 0.252. The Balaban J connectivity index is 2.32. The van der Waals surface area contributed by atoms with Crippen molar-refractivity contribution in [3.8, 4) is 11.8 Å². The summed E-state index contributed by atoms with van der Waals surface area (Å²) in [7, 11) is 1.66. The Hall–Kier alpha value is -1.82. The molecular formula is C8H8ClN5O. The van der Waals surface area contributed by atoms with Crippen molar-refractivity contribution in [2.24, 2.45) is 7.05 Å². The highest BCUT2D eigenvalue weighted by Crippen LogP contribution is 2.29. The molecular weight excluding hydrogens is 218 g/mol. The first kappa shape index (κ1) is 9.72. The Morgan fingerprint density at radius 2 is 2.27 bits per heavy atom. The average molecular weight is 226 g/mol. The van der Waals surface area contributed by atoms with E-state index in [0.29, 0.717) is 16.5 Å². The summed E-state index contributed by atoms with van der Waals surface area (Å²) >= 11 is 5.91. The van der Waals surface area contributed by atoms with Gasteiger partial charge < -0.3 is 10.5 Å². The summed E-state index contributed by atoms with van der Waals surface area (Å²) in [6.07, 6.45) is 0. The molecule has 1 aromatic heterocycles. The van der Waals surface area contributed by atoms with Gasteiger partial charge in [0.05, 0.1) is 5.02 Å². The molecule has 0 bridgehead atoms. The van der Waals surface area contributed by atoms with Crippen LogP contribution in [0.15, 0.2) is 18.2 Å². The zero-order valence-corrected chi connectivity index (χ0v) is 8.64. The van der Waals surface area contributed by atoms with Crippen LogP contribution in [-0.2, 0) is 7.05 Å². The normalized spacial score (nSPS) is 10.3. The van der Waals surface area contributed by atoms with E-state index in [1.165, 1.54) is 4.68 Å². The molecule has 0 aliphatic carbocycles. The Morgan fingerprint density at radius 3 is 2.93 bits per heavy atom. The van der Waals surface area contributed by atoms with Gasteiger partial charge in [0.2, 0.25) is 0 Å². The molecule has 0 aliphatic rings. The summed E-state index contributed by atoms with van der Waals surface area (Å²) in [6.45, 7) is 0. The van der Waals surface area contributed by atoms with Crippen LogP contribution in [0.2, 0.25) is 5.02 Å². The predicted molar refractivity (Wildman–Crippen MR) is 54.7 cm³/mol. The number of nitrogen functional groups attached to an aromatic ring is 1. The fourth-order valence-electron chi connectivity index (χ4n) is 1.00. The predicted octanol–water partition coefficient (Wildman–Crippen LogP) is 1.24. The molecule has 0 saturated carbocycles. The molecule has 2 rings (SSSR count). The van der Waals surface area contributed by atoms with E-state index in [2.05, 4.69) is 15.5 Å². The second-order valence-electron chi connectivity index (χ2n) is 2.88. The molecule has 0 spiro atoms. The molecule has 0 aliphatic heterocycles. The van der Waals surface area contributed by atoms with Gasteiger partial charge in [-0.2, -0.15) is 4.68 Å². The quantitative estimate of drug-likeness (QED) is 0.778. The largest absolute Gasteiger partial charge is 0.422 e. The molecule has 0 amide bonds. The van der Waals surface area contributed by atoms with Gasteiger partial charge in [0, 0.05) is 18.8 Å². The Morgan fingerprint density at radius 1 is 1.47 bits per heavy atom. The first-order valence-corrected chi connectivity index (χ1v) is 4.50. The first-order valence-electron chi connectivity index (χ1n) is 4.12. The Labute approximate surface area is 90.6 Å². The van der Waals surface area contributed by atoms with Crippen molar-refractivity contribution >= 4 is 17.3 Å². The molecule has 2 N–H and O–H groups in total. The van der Waals surface area contributed by atoms with E-state index in [1.54, 1.807) is 25.2 Å². The third kappa shape index (κ3) is 1.99. The summed E-state index contributed by atoms with van der Waals surface area (Å²) in [5, 5.41) is 11.2. The summed E-state index contributed by atoms with van der Waals surface area (Å²) in [5.41, 5.74) is 6.16. The number of aromatic nitrogens is 4. The van der Waals surface area contributed by atoms with E-state index < -0.39 is 0 Å². The number of rotatable bonds is 2. The fourth-order valence-corrected chi connectivity index (χ4v) is 1.16. The highest BCUT2D eigenvalue weighted by Gasteiger charge is 2.08. The summed E-state index contributed by atoms with van der Waals surface area (Å²) in [6, 6.07) is 5.19. The monoisotopic (exact) mass is 225 g/mol. The first-order chi connectivity index (χ1) is 7.16. The lowest BCUT2D eigenvalue weighted by atomic mass is 10.3. The van der Waals surface area contributed by atoms with Crippen LogP contribution in [0.3, 0.4) is 0 Å².